The Morgan fingerprint density at radius 3 is 2.62 bits per heavy atom. The highest BCUT2D eigenvalue weighted by Gasteiger charge is 2.25. The second-order valence-corrected chi connectivity index (χ2v) is 6.61. The highest BCUT2D eigenvalue weighted by Crippen LogP contribution is 2.15. The Morgan fingerprint density at radius 2 is 1.88 bits per heavy atom. The average Bonchev–Trinajstić information content (AvgIpc) is 3.29. The predicted octanol–water partition coefficient (Wildman–Crippen LogP) is 1.73. The van der Waals surface area contributed by atoms with Crippen molar-refractivity contribution in [2.24, 2.45) is 0 Å². The van der Waals surface area contributed by atoms with Gasteiger partial charge in [0, 0.05) is 32.4 Å². The van der Waals surface area contributed by atoms with Crippen molar-refractivity contribution in [3.05, 3.63) is 53.6 Å². The summed E-state index contributed by atoms with van der Waals surface area (Å²) in [6.07, 6.45) is 2.10. The molecule has 2 N–H and O–H groups in total. The number of nitrogens with zero attached hydrogens (tertiary/aromatic N) is 3. The number of nitrogens with one attached hydrogen (secondary N) is 2. The molecule has 134 valence electrons. The molecule has 2 amide bonds. The molecule has 0 radical (unpaired) electrons. The SMILES string of the molecule is Cc1nc2ccc(CC(=O)N3CCN(C(=O)c4ccc[nH]4)CC3)cc2[nH]1. The van der Waals surface area contributed by atoms with E-state index in [1.165, 1.54) is 0 Å². The Kier molecular flexibility index (Phi) is 4.20. The van der Waals surface area contributed by atoms with Crippen LogP contribution >= 0.6 is 0 Å². The molecular weight excluding hydrogens is 330 g/mol. The van der Waals surface area contributed by atoms with Crippen LogP contribution in [0.25, 0.3) is 11.0 Å². The zero-order valence-electron chi connectivity index (χ0n) is 14.7. The largest absolute Gasteiger partial charge is 0.357 e. The Hall–Kier alpha value is -3.09. The molecule has 1 saturated heterocycles. The number of hydrogen-bond acceptors (Lipinski definition) is 3. The molecule has 1 aromatic carbocycles. The van der Waals surface area contributed by atoms with Gasteiger partial charge in [-0.2, -0.15) is 0 Å². The van der Waals surface area contributed by atoms with Crippen LogP contribution in [0.5, 0.6) is 0 Å². The molecule has 3 heterocycles. The van der Waals surface area contributed by atoms with Crippen molar-refractivity contribution in [2.45, 2.75) is 13.3 Å². The minimum Gasteiger partial charge on any atom is -0.357 e. The second-order valence-electron chi connectivity index (χ2n) is 6.61. The van der Waals surface area contributed by atoms with Gasteiger partial charge in [-0.3, -0.25) is 9.59 Å². The molecule has 0 bridgehead atoms. The number of fused-ring (bicyclic) bond motifs is 1. The fourth-order valence-electron chi connectivity index (χ4n) is 3.37. The Balaban J connectivity index is 1.36. The number of piperazine rings is 1. The van der Waals surface area contributed by atoms with Gasteiger partial charge in [-0.25, -0.2) is 4.98 Å². The molecule has 7 heteroatoms. The second kappa shape index (κ2) is 6.67. The molecule has 2 aromatic heterocycles. The summed E-state index contributed by atoms with van der Waals surface area (Å²) >= 11 is 0. The van der Waals surface area contributed by atoms with Crippen molar-refractivity contribution in [3.63, 3.8) is 0 Å². The number of aryl methyl sites for hydroxylation is 1. The van der Waals surface area contributed by atoms with Gasteiger partial charge in [-0.05, 0) is 36.8 Å². The van der Waals surface area contributed by atoms with E-state index in [2.05, 4.69) is 15.0 Å². The molecule has 0 spiro atoms. The third-order valence-electron chi connectivity index (χ3n) is 4.77. The molecule has 1 aliphatic rings. The third kappa shape index (κ3) is 3.20. The van der Waals surface area contributed by atoms with Gasteiger partial charge in [0.25, 0.3) is 5.91 Å². The number of amides is 2. The van der Waals surface area contributed by atoms with E-state index in [1.807, 2.05) is 36.1 Å². The van der Waals surface area contributed by atoms with Crippen molar-refractivity contribution < 1.29 is 9.59 Å². The van der Waals surface area contributed by atoms with Crippen molar-refractivity contribution >= 4 is 22.8 Å². The van der Waals surface area contributed by atoms with Gasteiger partial charge in [0.05, 0.1) is 17.5 Å². The van der Waals surface area contributed by atoms with Gasteiger partial charge in [-0.15, -0.1) is 0 Å². The summed E-state index contributed by atoms with van der Waals surface area (Å²) in [6.45, 7) is 4.16. The normalized spacial score (nSPS) is 14.8. The van der Waals surface area contributed by atoms with E-state index in [9.17, 15) is 9.59 Å². The summed E-state index contributed by atoms with van der Waals surface area (Å²) in [5, 5.41) is 0. The quantitative estimate of drug-likeness (QED) is 0.753. The van der Waals surface area contributed by atoms with Gasteiger partial charge >= 0.3 is 0 Å². The Bertz CT molecular complexity index is 936. The lowest BCUT2D eigenvalue weighted by Gasteiger charge is -2.34. The molecule has 7 nitrogen and oxygen atoms in total. The van der Waals surface area contributed by atoms with E-state index in [0.717, 1.165) is 22.4 Å². The Labute approximate surface area is 151 Å². The van der Waals surface area contributed by atoms with Gasteiger partial charge in [0.1, 0.15) is 11.5 Å². The summed E-state index contributed by atoms with van der Waals surface area (Å²) in [5.74, 6) is 0.945. The lowest BCUT2D eigenvalue weighted by Crippen LogP contribution is -2.51. The van der Waals surface area contributed by atoms with E-state index in [0.29, 0.717) is 38.3 Å². The minimum atomic E-state index is -0.0119. The first-order valence-corrected chi connectivity index (χ1v) is 8.76. The smallest absolute Gasteiger partial charge is 0.270 e. The number of benzene rings is 1. The maximum absolute atomic E-state index is 12.6. The van der Waals surface area contributed by atoms with Crippen LogP contribution in [0.4, 0.5) is 0 Å². The number of H-pyrrole nitrogens is 2. The molecule has 0 unspecified atom stereocenters. The molecule has 0 atom stereocenters. The van der Waals surface area contributed by atoms with Crippen LogP contribution in [0.15, 0.2) is 36.5 Å². The van der Waals surface area contributed by atoms with E-state index in [1.54, 1.807) is 17.2 Å². The van der Waals surface area contributed by atoms with E-state index >= 15 is 0 Å². The lowest BCUT2D eigenvalue weighted by atomic mass is 10.1. The maximum Gasteiger partial charge on any atom is 0.270 e. The fourth-order valence-corrected chi connectivity index (χ4v) is 3.37. The topological polar surface area (TPSA) is 85.1 Å². The van der Waals surface area contributed by atoms with Crippen LogP contribution in [0.2, 0.25) is 0 Å². The average molecular weight is 351 g/mol. The van der Waals surface area contributed by atoms with Gasteiger partial charge in [0.15, 0.2) is 0 Å². The zero-order valence-corrected chi connectivity index (χ0v) is 14.7. The zero-order chi connectivity index (χ0) is 18.1. The molecule has 0 saturated carbocycles. The Morgan fingerprint density at radius 1 is 1.12 bits per heavy atom. The first kappa shape index (κ1) is 16.4. The fraction of sp³-hybridized carbons (Fsp3) is 0.316. The number of hydrogen-bond donors (Lipinski definition) is 2. The number of carbonyl (C=O) groups excluding carboxylic acids is 2. The first-order chi connectivity index (χ1) is 12.6. The summed E-state index contributed by atoms with van der Waals surface area (Å²) in [5.41, 5.74) is 3.42. The van der Waals surface area contributed by atoms with Crippen LogP contribution in [-0.2, 0) is 11.2 Å². The molecule has 26 heavy (non-hydrogen) atoms. The van der Waals surface area contributed by atoms with Crippen LogP contribution < -0.4 is 0 Å². The van der Waals surface area contributed by atoms with Crippen LogP contribution in [0.1, 0.15) is 21.9 Å². The monoisotopic (exact) mass is 351 g/mol. The van der Waals surface area contributed by atoms with Crippen molar-refractivity contribution in [1.82, 2.24) is 24.8 Å². The van der Waals surface area contributed by atoms with Crippen molar-refractivity contribution in [1.29, 1.82) is 0 Å². The van der Waals surface area contributed by atoms with Gasteiger partial charge < -0.3 is 19.8 Å². The van der Waals surface area contributed by atoms with Crippen LogP contribution in [0, 0.1) is 6.92 Å². The standard InChI is InChI=1S/C19H21N5O2/c1-13-21-15-5-4-14(11-17(15)22-13)12-18(25)23-7-9-24(10-8-23)19(26)16-3-2-6-20-16/h2-6,11,20H,7-10,12H2,1H3,(H,21,22). The third-order valence-corrected chi connectivity index (χ3v) is 4.77. The van der Waals surface area contributed by atoms with E-state index in [-0.39, 0.29) is 11.8 Å². The summed E-state index contributed by atoms with van der Waals surface area (Å²) in [7, 11) is 0. The summed E-state index contributed by atoms with van der Waals surface area (Å²) in [4.78, 5) is 39.1. The molecular formula is C19H21N5O2. The number of rotatable bonds is 3. The number of imidazole rings is 1. The molecule has 0 aliphatic carbocycles. The van der Waals surface area contributed by atoms with Crippen molar-refractivity contribution in [2.75, 3.05) is 26.2 Å². The minimum absolute atomic E-state index is 0.0119. The molecule has 3 aromatic rings. The number of aromatic amines is 2. The van der Waals surface area contributed by atoms with E-state index < -0.39 is 0 Å². The van der Waals surface area contributed by atoms with Gasteiger partial charge in [-0.1, -0.05) is 6.07 Å². The van der Waals surface area contributed by atoms with Crippen LogP contribution in [0.3, 0.4) is 0 Å². The number of carbonyl (C=O) groups is 2. The first-order valence-electron chi connectivity index (χ1n) is 8.76. The summed E-state index contributed by atoms with van der Waals surface area (Å²) in [6, 6.07) is 9.45. The maximum atomic E-state index is 12.6. The highest BCUT2D eigenvalue weighted by atomic mass is 16.2. The summed E-state index contributed by atoms with van der Waals surface area (Å²) < 4.78 is 0. The number of aromatic nitrogens is 3. The van der Waals surface area contributed by atoms with Gasteiger partial charge in [0.2, 0.25) is 5.91 Å². The predicted molar refractivity (Wildman–Crippen MR) is 97.8 cm³/mol. The van der Waals surface area contributed by atoms with E-state index in [4.69, 9.17) is 0 Å². The lowest BCUT2D eigenvalue weighted by molar-refractivity contribution is -0.131. The molecule has 4 rings (SSSR count). The molecule has 1 fully saturated rings. The molecule has 1 aliphatic heterocycles. The van der Waals surface area contributed by atoms with Crippen LogP contribution in [-0.4, -0.2) is 62.7 Å². The van der Waals surface area contributed by atoms with Crippen molar-refractivity contribution in [3.8, 4) is 0 Å². The highest BCUT2D eigenvalue weighted by molar-refractivity contribution is 5.92.